The fourth-order valence-electron chi connectivity index (χ4n) is 4.11. The number of hydrogen-bond acceptors (Lipinski definition) is 2. The third-order valence-corrected chi connectivity index (χ3v) is 5.26. The Morgan fingerprint density at radius 3 is 3.00 bits per heavy atom. The highest BCUT2D eigenvalue weighted by Crippen LogP contribution is 2.54. The van der Waals surface area contributed by atoms with E-state index in [-0.39, 0.29) is 11.5 Å². The summed E-state index contributed by atoms with van der Waals surface area (Å²) < 4.78 is 5.65. The first-order chi connectivity index (χ1) is 8.64. The molecule has 0 aliphatic heterocycles. The number of ether oxygens (including phenoxy) is 1. The minimum Gasteiger partial charge on any atom is -0.377 e. The predicted octanol–water partition coefficient (Wildman–Crippen LogP) is 3.28. The van der Waals surface area contributed by atoms with Crippen molar-refractivity contribution in [2.24, 2.45) is 17.3 Å². The lowest BCUT2D eigenvalue weighted by molar-refractivity contribution is -0.116. The van der Waals surface area contributed by atoms with Gasteiger partial charge in [-0.05, 0) is 43.1 Å². The third kappa shape index (κ3) is 1.78. The van der Waals surface area contributed by atoms with E-state index in [4.69, 9.17) is 4.74 Å². The van der Waals surface area contributed by atoms with Gasteiger partial charge in [0.15, 0.2) is 5.78 Å². The lowest BCUT2D eigenvalue weighted by Crippen LogP contribution is -2.44. The lowest BCUT2D eigenvalue weighted by atomic mass is 9.56. The van der Waals surface area contributed by atoms with Crippen molar-refractivity contribution in [1.82, 2.24) is 0 Å². The van der Waals surface area contributed by atoms with Crippen LogP contribution in [0.4, 0.5) is 0 Å². The summed E-state index contributed by atoms with van der Waals surface area (Å²) >= 11 is 0. The van der Waals surface area contributed by atoms with E-state index in [1.165, 1.54) is 18.4 Å². The highest BCUT2D eigenvalue weighted by molar-refractivity contribution is 5.91. The fraction of sp³-hybridized carbons (Fsp3) is 0.688. The molecule has 4 atom stereocenters. The summed E-state index contributed by atoms with van der Waals surface area (Å²) in [7, 11) is 1.79. The summed E-state index contributed by atoms with van der Waals surface area (Å²) in [5.74, 6) is 1.42. The molecule has 2 heteroatoms. The molecule has 3 aliphatic rings. The van der Waals surface area contributed by atoms with Gasteiger partial charge in [0.25, 0.3) is 0 Å². The summed E-state index contributed by atoms with van der Waals surface area (Å²) in [5.41, 5.74) is 1.63. The fourth-order valence-corrected chi connectivity index (χ4v) is 4.11. The van der Waals surface area contributed by atoms with E-state index in [2.05, 4.69) is 19.1 Å². The highest BCUT2D eigenvalue weighted by Gasteiger charge is 2.47. The number of rotatable bonds is 1. The molecule has 0 heterocycles. The normalized spacial score (nSPS) is 43.1. The van der Waals surface area contributed by atoms with Crippen LogP contribution < -0.4 is 0 Å². The van der Waals surface area contributed by atoms with E-state index >= 15 is 0 Å². The average molecular weight is 246 g/mol. The van der Waals surface area contributed by atoms with Gasteiger partial charge in [-0.2, -0.15) is 0 Å². The minimum absolute atomic E-state index is 0.167. The van der Waals surface area contributed by atoms with Crippen molar-refractivity contribution in [3.8, 4) is 0 Å². The first kappa shape index (κ1) is 12.2. The third-order valence-electron chi connectivity index (χ3n) is 5.26. The van der Waals surface area contributed by atoms with Crippen molar-refractivity contribution >= 4 is 5.78 Å². The Balaban J connectivity index is 2.02. The smallest absolute Gasteiger partial charge is 0.155 e. The molecule has 0 aromatic heterocycles. The van der Waals surface area contributed by atoms with Gasteiger partial charge in [0.2, 0.25) is 0 Å². The second-order valence-electron chi connectivity index (χ2n) is 6.32. The molecule has 0 unspecified atom stereocenters. The summed E-state index contributed by atoms with van der Waals surface area (Å²) in [5, 5.41) is 0. The van der Waals surface area contributed by atoms with Gasteiger partial charge < -0.3 is 4.74 Å². The van der Waals surface area contributed by atoms with Crippen molar-refractivity contribution in [2.45, 2.75) is 45.1 Å². The van der Waals surface area contributed by atoms with E-state index in [0.29, 0.717) is 17.6 Å². The van der Waals surface area contributed by atoms with Crippen molar-refractivity contribution in [3.63, 3.8) is 0 Å². The van der Waals surface area contributed by atoms with Crippen LogP contribution in [0.25, 0.3) is 0 Å². The first-order valence-corrected chi connectivity index (χ1v) is 7.08. The molecule has 0 saturated heterocycles. The topological polar surface area (TPSA) is 26.3 Å². The van der Waals surface area contributed by atoms with E-state index in [1.807, 2.05) is 6.08 Å². The molecule has 1 saturated carbocycles. The molecule has 0 N–H and O–H groups in total. The Morgan fingerprint density at radius 2 is 2.22 bits per heavy atom. The second-order valence-corrected chi connectivity index (χ2v) is 6.32. The quantitative estimate of drug-likeness (QED) is 0.664. The van der Waals surface area contributed by atoms with Crippen molar-refractivity contribution < 1.29 is 9.53 Å². The zero-order chi connectivity index (χ0) is 12.8. The van der Waals surface area contributed by atoms with Gasteiger partial charge in [-0.15, -0.1) is 0 Å². The minimum atomic E-state index is 0.167. The molecule has 0 bridgehead atoms. The Hall–Kier alpha value is -0.890. The number of allylic oxidation sites excluding steroid dienone is 2. The van der Waals surface area contributed by atoms with E-state index in [9.17, 15) is 4.79 Å². The van der Waals surface area contributed by atoms with E-state index in [0.717, 1.165) is 19.3 Å². The molecule has 18 heavy (non-hydrogen) atoms. The molecule has 0 radical (unpaired) electrons. The standard InChI is InChI=1S/C16H22O2/c1-16-8-6-11-4-3-5-14(18-2)15(11)13(16)10-12(17)7-9-16/h3,5,10-11,14-15H,4,6-9H2,1-2H3/t11-,14+,15-,16-/m0/s1. The molecular weight excluding hydrogens is 224 g/mol. The van der Waals surface area contributed by atoms with Gasteiger partial charge in [-0.25, -0.2) is 0 Å². The second kappa shape index (κ2) is 4.34. The van der Waals surface area contributed by atoms with E-state index < -0.39 is 0 Å². The van der Waals surface area contributed by atoms with Crippen LogP contribution in [0.5, 0.6) is 0 Å². The number of hydrogen-bond donors (Lipinski definition) is 0. The highest BCUT2D eigenvalue weighted by atomic mass is 16.5. The average Bonchev–Trinajstić information content (AvgIpc) is 2.39. The largest absolute Gasteiger partial charge is 0.377 e. The van der Waals surface area contributed by atoms with Crippen LogP contribution in [0.3, 0.4) is 0 Å². The molecule has 1 fully saturated rings. The van der Waals surface area contributed by atoms with Gasteiger partial charge in [-0.1, -0.05) is 24.6 Å². The molecular formula is C16H22O2. The van der Waals surface area contributed by atoms with Crippen LogP contribution >= 0.6 is 0 Å². The van der Waals surface area contributed by atoms with Gasteiger partial charge in [0.1, 0.15) is 0 Å². The van der Waals surface area contributed by atoms with Gasteiger partial charge in [0, 0.05) is 19.4 Å². The van der Waals surface area contributed by atoms with Crippen LogP contribution in [0, 0.1) is 17.3 Å². The molecule has 0 amide bonds. The molecule has 98 valence electrons. The van der Waals surface area contributed by atoms with Gasteiger partial charge in [-0.3, -0.25) is 4.79 Å². The number of ketones is 1. The molecule has 0 aromatic carbocycles. The van der Waals surface area contributed by atoms with Crippen LogP contribution in [-0.2, 0) is 9.53 Å². The van der Waals surface area contributed by atoms with Crippen molar-refractivity contribution in [3.05, 3.63) is 23.8 Å². The Labute approximate surface area is 109 Å². The number of carbonyl (C=O) groups is 1. The first-order valence-electron chi connectivity index (χ1n) is 7.08. The summed E-state index contributed by atoms with van der Waals surface area (Å²) in [6, 6.07) is 0. The van der Waals surface area contributed by atoms with Gasteiger partial charge in [0.05, 0.1) is 6.10 Å². The van der Waals surface area contributed by atoms with Crippen molar-refractivity contribution in [2.75, 3.05) is 7.11 Å². The summed E-state index contributed by atoms with van der Waals surface area (Å²) in [6.45, 7) is 2.34. The predicted molar refractivity (Wildman–Crippen MR) is 71.2 cm³/mol. The Kier molecular flexibility index (Phi) is 2.93. The van der Waals surface area contributed by atoms with Crippen LogP contribution in [0.15, 0.2) is 23.8 Å². The summed E-state index contributed by atoms with van der Waals surface area (Å²) in [6.07, 6.45) is 12.0. The van der Waals surface area contributed by atoms with Crippen LogP contribution in [-0.4, -0.2) is 19.0 Å². The monoisotopic (exact) mass is 246 g/mol. The Bertz CT molecular complexity index is 421. The molecule has 0 spiro atoms. The maximum atomic E-state index is 11.8. The molecule has 3 rings (SSSR count). The maximum absolute atomic E-state index is 11.8. The van der Waals surface area contributed by atoms with Crippen LogP contribution in [0.2, 0.25) is 0 Å². The molecule has 2 nitrogen and oxygen atoms in total. The zero-order valence-corrected chi connectivity index (χ0v) is 11.3. The number of fused-ring (bicyclic) bond motifs is 3. The summed E-state index contributed by atoms with van der Waals surface area (Å²) in [4.78, 5) is 11.8. The zero-order valence-electron chi connectivity index (χ0n) is 11.3. The van der Waals surface area contributed by atoms with Crippen LogP contribution in [0.1, 0.15) is 39.0 Å². The van der Waals surface area contributed by atoms with Crippen molar-refractivity contribution in [1.29, 1.82) is 0 Å². The number of carbonyl (C=O) groups excluding carboxylic acids is 1. The lowest BCUT2D eigenvalue weighted by Gasteiger charge is -2.50. The van der Waals surface area contributed by atoms with E-state index in [1.54, 1.807) is 7.11 Å². The molecule has 0 aromatic rings. The maximum Gasteiger partial charge on any atom is 0.155 e. The van der Waals surface area contributed by atoms with Gasteiger partial charge >= 0.3 is 0 Å². The number of methoxy groups -OCH3 is 1. The Morgan fingerprint density at radius 1 is 1.39 bits per heavy atom. The molecule has 3 aliphatic carbocycles. The SMILES string of the molecule is CO[C@@H]1C=CC[C@H]2CC[C@@]3(C)CCC(=O)C=C3[C@H]21.